The van der Waals surface area contributed by atoms with Crippen LogP contribution in [0.4, 0.5) is 5.69 Å². The molecule has 0 radical (unpaired) electrons. The van der Waals surface area contributed by atoms with E-state index in [1.807, 2.05) is 45.0 Å². The van der Waals surface area contributed by atoms with Crippen LogP contribution >= 0.6 is 11.8 Å². The summed E-state index contributed by atoms with van der Waals surface area (Å²) in [4.78, 5) is 36.4. The highest BCUT2D eigenvalue weighted by Gasteiger charge is 2.29. The summed E-state index contributed by atoms with van der Waals surface area (Å²) in [6.45, 7) is 5.18. The van der Waals surface area contributed by atoms with E-state index in [2.05, 4.69) is 10.6 Å². The smallest absolute Gasteiger partial charge is 0.307 e. The SMILES string of the molecule is CC(C)(C)NC(=O)COC(=O)C[C@H]1Sc2ccccc2NC1=O. The summed E-state index contributed by atoms with van der Waals surface area (Å²) in [5, 5.41) is 4.91. The summed E-state index contributed by atoms with van der Waals surface area (Å²) in [6.07, 6.45) is -0.0758. The summed E-state index contributed by atoms with van der Waals surface area (Å²) in [7, 11) is 0. The number of hydrogen-bond donors (Lipinski definition) is 2. The molecule has 1 aliphatic rings. The number of benzene rings is 1. The Kier molecular flexibility index (Phi) is 5.30. The van der Waals surface area contributed by atoms with Crippen molar-refractivity contribution in [1.82, 2.24) is 5.32 Å². The van der Waals surface area contributed by atoms with Gasteiger partial charge < -0.3 is 15.4 Å². The fourth-order valence-electron chi connectivity index (χ4n) is 2.04. The molecule has 0 aliphatic carbocycles. The lowest BCUT2D eigenvalue weighted by Crippen LogP contribution is -2.43. The molecule has 1 heterocycles. The maximum absolute atomic E-state index is 12.0. The van der Waals surface area contributed by atoms with E-state index in [-0.39, 0.29) is 30.4 Å². The van der Waals surface area contributed by atoms with Crippen molar-refractivity contribution in [3.8, 4) is 0 Å². The van der Waals surface area contributed by atoms with Gasteiger partial charge in [0.2, 0.25) is 5.91 Å². The van der Waals surface area contributed by atoms with Gasteiger partial charge in [-0.2, -0.15) is 0 Å². The van der Waals surface area contributed by atoms with Crippen molar-refractivity contribution in [2.75, 3.05) is 11.9 Å². The zero-order valence-electron chi connectivity index (χ0n) is 13.3. The van der Waals surface area contributed by atoms with Crippen LogP contribution in [0.5, 0.6) is 0 Å². The van der Waals surface area contributed by atoms with Gasteiger partial charge in [0.25, 0.3) is 5.91 Å². The lowest BCUT2D eigenvalue weighted by atomic mass is 10.1. The number of thioether (sulfide) groups is 1. The number of fused-ring (bicyclic) bond motifs is 1. The van der Waals surface area contributed by atoms with Gasteiger partial charge in [-0.15, -0.1) is 11.8 Å². The summed E-state index contributed by atoms with van der Waals surface area (Å²) >= 11 is 1.32. The number of amides is 2. The predicted molar refractivity (Wildman–Crippen MR) is 88.2 cm³/mol. The number of carbonyl (C=O) groups is 3. The normalized spacial score (nSPS) is 17.0. The molecule has 23 heavy (non-hydrogen) atoms. The number of anilines is 1. The van der Waals surface area contributed by atoms with Gasteiger partial charge in [0, 0.05) is 10.4 Å². The second kappa shape index (κ2) is 7.04. The molecule has 1 aromatic carbocycles. The highest BCUT2D eigenvalue weighted by molar-refractivity contribution is 8.01. The maximum atomic E-state index is 12.0. The van der Waals surface area contributed by atoms with Crippen molar-refractivity contribution >= 4 is 35.2 Å². The number of para-hydroxylation sites is 1. The molecule has 0 bridgehead atoms. The molecule has 2 amide bonds. The first-order valence-corrected chi connectivity index (χ1v) is 8.16. The molecule has 124 valence electrons. The standard InChI is InChI=1S/C16H20N2O4S/c1-16(2,3)18-13(19)9-22-14(20)8-12-15(21)17-10-6-4-5-7-11(10)23-12/h4-7,12H,8-9H2,1-3H3,(H,17,21)(H,18,19)/t12-/m1/s1. The topological polar surface area (TPSA) is 84.5 Å². The van der Waals surface area contributed by atoms with Crippen molar-refractivity contribution in [3.63, 3.8) is 0 Å². The quantitative estimate of drug-likeness (QED) is 0.821. The molecule has 0 saturated carbocycles. The first kappa shape index (κ1) is 17.3. The molecular formula is C16H20N2O4S. The third kappa shape index (κ3) is 5.28. The largest absolute Gasteiger partial charge is 0.456 e. The van der Waals surface area contributed by atoms with E-state index < -0.39 is 11.2 Å². The summed E-state index contributed by atoms with van der Waals surface area (Å²) in [5.41, 5.74) is 0.364. The fourth-order valence-corrected chi connectivity index (χ4v) is 3.13. The minimum absolute atomic E-state index is 0.0758. The van der Waals surface area contributed by atoms with E-state index >= 15 is 0 Å². The van der Waals surface area contributed by atoms with Gasteiger partial charge in [-0.1, -0.05) is 12.1 Å². The molecule has 0 saturated heterocycles. The van der Waals surface area contributed by atoms with Gasteiger partial charge in [-0.3, -0.25) is 14.4 Å². The molecule has 7 heteroatoms. The first-order valence-electron chi connectivity index (χ1n) is 7.28. The van der Waals surface area contributed by atoms with E-state index in [0.29, 0.717) is 0 Å². The Hall–Kier alpha value is -2.02. The third-order valence-corrected chi connectivity index (χ3v) is 4.21. The van der Waals surface area contributed by atoms with Gasteiger partial charge in [-0.05, 0) is 32.9 Å². The molecule has 1 aliphatic heterocycles. The Labute approximate surface area is 139 Å². The molecule has 2 N–H and O–H groups in total. The zero-order valence-corrected chi connectivity index (χ0v) is 14.2. The fraction of sp³-hybridized carbons (Fsp3) is 0.438. The third-order valence-electron chi connectivity index (χ3n) is 2.94. The second-order valence-corrected chi connectivity index (χ2v) is 7.50. The van der Waals surface area contributed by atoms with E-state index in [0.717, 1.165) is 10.6 Å². The molecule has 6 nitrogen and oxygen atoms in total. The molecule has 0 fully saturated rings. The number of esters is 1. The Balaban J connectivity index is 1.84. The summed E-state index contributed by atoms with van der Waals surface area (Å²) in [6, 6.07) is 7.40. The maximum Gasteiger partial charge on any atom is 0.307 e. The van der Waals surface area contributed by atoms with Gasteiger partial charge in [0.1, 0.15) is 0 Å². The van der Waals surface area contributed by atoms with Crippen LogP contribution in [0.15, 0.2) is 29.2 Å². The number of carbonyl (C=O) groups excluding carboxylic acids is 3. The van der Waals surface area contributed by atoms with Gasteiger partial charge in [0.15, 0.2) is 6.61 Å². The predicted octanol–water partition coefficient (Wildman–Crippen LogP) is 1.95. The van der Waals surface area contributed by atoms with E-state index in [4.69, 9.17) is 4.74 Å². The van der Waals surface area contributed by atoms with Crippen LogP contribution in [-0.2, 0) is 19.1 Å². The minimum Gasteiger partial charge on any atom is -0.456 e. The first-order chi connectivity index (χ1) is 10.7. The van der Waals surface area contributed by atoms with Crippen LogP contribution in [-0.4, -0.2) is 35.2 Å². The van der Waals surface area contributed by atoms with Crippen molar-refractivity contribution in [2.45, 2.75) is 42.9 Å². The van der Waals surface area contributed by atoms with Crippen LogP contribution in [0, 0.1) is 0 Å². The van der Waals surface area contributed by atoms with Crippen LogP contribution in [0.25, 0.3) is 0 Å². The second-order valence-electron chi connectivity index (χ2n) is 6.25. The summed E-state index contributed by atoms with van der Waals surface area (Å²) < 4.78 is 4.94. The highest BCUT2D eigenvalue weighted by Crippen LogP contribution is 2.36. The molecule has 0 aromatic heterocycles. The van der Waals surface area contributed by atoms with Crippen molar-refractivity contribution < 1.29 is 19.1 Å². The van der Waals surface area contributed by atoms with E-state index in [1.54, 1.807) is 0 Å². The Morgan fingerprint density at radius 2 is 2.00 bits per heavy atom. The number of ether oxygens (including phenoxy) is 1. The lowest BCUT2D eigenvalue weighted by molar-refractivity contribution is -0.149. The molecule has 1 atom stereocenters. The monoisotopic (exact) mass is 336 g/mol. The van der Waals surface area contributed by atoms with Crippen LogP contribution in [0.3, 0.4) is 0 Å². The number of hydrogen-bond acceptors (Lipinski definition) is 5. The Bertz CT molecular complexity index is 625. The zero-order chi connectivity index (χ0) is 17.0. The Morgan fingerprint density at radius 1 is 1.30 bits per heavy atom. The molecule has 0 spiro atoms. The van der Waals surface area contributed by atoms with Crippen molar-refractivity contribution in [2.24, 2.45) is 0 Å². The van der Waals surface area contributed by atoms with Gasteiger partial charge in [-0.25, -0.2) is 0 Å². The van der Waals surface area contributed by atoms with E-state index in [1.165, 1.54) is 11.8 Å². The van der Waals surface area contributed by atoms with Crippen LogP contribution < -0.4 is 10.6 Å². The Morgan fingerprint density at radius 3 is 2.70 bits per heavy atom. The number of rotatable bonds is 4. The van der Waals surface area contributed by atoms with E-state index in [9.17, 15) is 14.4 Å². The number of nitrogens with one attached hydrogen (secondary N) is 2. The molecule has 1 aromatic rings. The highest BCUT2D eigenvalue weighted by atomic mass is 32.2. The lowest BCUT2D eigenvalue weighted by Gasteiger charge is -2.23. The van der Waals surface area contributed by atoms with Gasteiger partial charge in [0.05, 0.1) is 17.4 Å². The van der Waals surface area contributed by atoms with Gasteiger partial charge >= 0.3 is 5.97 Å². The molecule has 0 unspecified atom stereocenters. The summed E-state index contributed by atoms with van der Waals surface area (Å²) in [5.74, 6) is -1.16. The van der Waals surface area contributed by atoms with Crippen molar-refractivity contribution in [3.05, 3.63) is 24.3 Å². The molecular weight excluding hydrogens is 316 g/mol. The van der Waals surface area contributed by atoms with Crippen LogP contribution in [0.2, 0.25) is 0 Å². The molecule has 2 rings (SSSR count). The average molecular weight is 336 g/mol. The van der Waals surface area contributed by atoms with Crippen LogP contribution in [0.1, 0.15) is 27.2 Å². The average Bonchev–Trinajstić information content (AvgIpc) is 2.44. The minimum atomic E-state index is -0.568. The van der Waals surface area contributed by atoms with Crippen molar-refractivity contribution in [1.29, 1.82) is 0 Å².